The lowest BCUT2D eigenvalue weighted by Gasteiger charge is -2.27. The van der Waals surface area contributed by atoms with Crippen LogP contribution >= 0.6 is 24.0 Å². The fourth-order valence-electron chi connectivity index (χ4n) is 2.88. The Hall–Kier alpha value is -1.42. The molecule has 0 saturated carbocycles. The highest BCUT2D eigenvalue weighted by Gasteiger charge is 2.18. The SMILES string of the molecule is CCNC(=NCC(c1cccc(F)c1)N(C)C)N(C)CC(=O)N(CC)CC.I. The molecule has 0 aliphatic heterocycles. The average molecular weight is 507 g/mol. The van der Waals surface area contributed by atoms with Gasteiger partial charge in [0.05, 0.1) is 19.1 Å². The van der Waals surface area contributed by atoms with Gasteiger partial charge < -0.3 is 20.0 Å². The van der Waals surface area contributed by atoms with Crippen LogP contribution in [0.5, 0.6) is 0 Å². The molecule has 0 bridgehead atoms. The van der Waals surface area contributed by atoms with Gasteiger partial charge in [-0.3, -0.25) is 9.79 Å². The third-order valence-corrected chi connectivity index (χ3v) is 4.46. The quantitative estimate of drug-likeness (QED) is 0.318. The number of amides is 1. The molecule has 28 heavy (non-hydrogen) atoms. The van der Waals surface area contributed by atoms with E-state index in [0.717, 1.165) is 5.56 Å². The molecule has 160 valence electrons. The molecule has 0 fully saturated rings. The van der Waals surface area contributed by atoms with Crippen LogP contribution in [0.15, 0.2) is 29.3 Å². The Morgan fingerprint density at radius 2 is 1.82 bits per heavy atom. The second-order valence-electron chi connectivity index (χ2n) is 6.65. The first-order valence-electron chi connectivity index (χ1n) is 9.53. The molecular formula is C20H35FIN5O. The number of hydrogen-bond acceptors (Lipinski definition) is 3. The fourth-order valence-corrected chi connectivity index (χ4v) is 2.88. The first-order chi connectivity index (χ1) is 12.8. The maximum atomic E-state index is 13.6. The van der Waals surface area contributed by atoms with Gasteiger partial charge >= 0.3 is 0 Å². The standard InChI is InChI=1S/C20H34FN5O.HI/c1-7-22-20(25(6)15-19(27)26(8-2)9-3)23-14-18(24(4)5)16-11-10-12-17(21)13-16;/h10-13,18H,7-9,14-15H2,1-6H3,(H,22,23);1H. The van der Waals surface area contributed by atoms with Crippen LogP contribution in [-0.4, -0.2) is 80.4 Å². The van der Waals surface area contributed by atoms with E-state index in [1.165, 1.54) is 6.07 Å². The molecule has 1 amide bonds. The minimum atomic E-state index is -0.253. The fraction of sp³-hybridized carbons (Fsp3) is 0.600. The molecule has 1 N–H and O–H groups in total. The van der Waals surface area contributed by atoms with Gasteiger partial charge in [0.25, 0.3) is 0 Å². The van der Waals surface area contributed by atoms with Crippen molar-refractivity contribution in [2.45, 2.75) is 26.8 Å². The second kappa shape index (κ2) is 13.7. The van der Waals surface area contributed by atoms with Crippen molar-refractivity contribution in [1.82, 2.24) is 20.0 Å². The first kappa shape index (κ1) is 26.6. The Morgan fingerprint density at radius 1 is 1.18 bits per heavy atom. The summed E-state index contributed by atoms with van der Waals surface area (Å²) in [6, 6.07) is 6.55. The van der Waals surface area contributed by atoms with Crippen molar-refractivity contribution in [1.29, 1.82) is 0 Å². The summed E-state index contributed by atoms with van der Waals surface area (Å²) in [6.07, 6.45) is 0. The number of aliphatic imine (C=N–C) groups is 1. The van der Waals surface area contributed by atoms with E-state index >= 15 is 0 Å². The zero-order valence-electron chi connectivity index (χ0n) is 17.9. The van der Waals surface area contributed by atoms with E-state index in [1.54, 1.807) is 17.0 Å². The molecular weight excluding hydrogens is 472 g/mol. The number of likely N-dealkylation sites (N-methyl/N-ethyl adjacent to an activating group) is 3. The summed E-state index contributed by atoms with van der Waals surface area (Å²) < 4.78 is 13.6. The lowest BCUT2D eigenvalue weighted by molar-refractivity contribution is -0.131. The molecule has 1 unspecified atom stereocenters. The lowest BCUT2D eigenvalue weighted by Crippen LogP contribution is -2.46. The van der Waals surface area contributed by atoms with E-state index in [4.69, 9.17) is 4.99 Å². The summed E-state index contributed by atoms with van der Waals surface area (Å²) in [7, 11) is 5.76. The van der Waals surface area contributed by atoms with Crippen molar-refractivity contribution in [2.75, 3.05) is 53.9 Å². The number of nitrogens with zero attached hydrogens (tertiary/aromatic N) is 4. The van der Waals surface area contributed by atoms with E-state index in [2.05, 4.69) is 5.32 Å². The molecule has 1 rings (SSSR count). The van der Waals surface area contributed by atoms with Gasteiger partial charge in [-0.15, -0.1) is 24.0 Å². The van der Waals surface area contributed by atoms with Crippen LogP contribution in [0.4, 0.5) is 4.39 Å². The molecule has 0 radical (unpaired) electrons. The first-order valence-corrected chi connectivity index (χ1v) is 9.53. The van der Waals surface area contributed by atoms with Gasteiger partial charge in [-0.25, -0.2) is 4.39 Å². The van der Waals surface area contributed by atoms with Crippen LogP contribution in [0.2, 0.25) is 0 Å². The number of carbonyl (C=O) groups is 1. The third kappa shape index (κ3) is 8.30. The monoisotopic (exact) mass is 507 g/mol. The molecule has 0 aliphatic rings. The lowest BCUT2D eigenvalue weighted by atomic mass is 10.1. The molecule has 0 heterocycles. The molecule has 1 aromatic rings. The van der Waals surface area contributed by atoms with Gasteiger partial charge in [-0.2, -0.15) is 0 Å². The van der Waals surface area contributed by atoms with Crippen LogP contribution in [0.1, 0.15) is 32.4 Å². The number of halogens is 2. The molecule has 1 atom stereocenters. The smallest absolute Gasteiger partial charge is 0.242 e. The number of carbonyl (C=O) groups excluding carboxylic acids is 1. The predicted molar refractivity (Wildman–Crippen MR) is 125 cm³/mol. The number of benzene rings is 1. The highest BCUT2D eigenvalue weighted by atomic mass is 127. The van der Waals surface area contributed by atoms with Crippen LogP contribution < -0.4 is 5.32 Å². The highest BCUT2D eigenvalue weighted by Crippen LogP contribution is 2.19. The van der Waals surface area contributed by atoms with Crippen LogP contribution in [-0.2, 0) is 4.79 Å². The predicted octanol–water partition coefficient (Wildman–Crippen LogP) is 2.81. The maximum absolute atomic E-state index is 13.6. The van der Waals surface area contributed by atoms with Gasteiger partial charge in [0.1, 0.15) is 5.82 Å². The zero-order valence-corrected chi connectivity index (χ0v) is 20.2. The van der Waals surface area contributed by atoms with Gasteiger partial charge in [0.15, 0.2) is 5.96 Å². The van der Waals surface area contributed by atoms with Gasteiger partial charge in [-0.05, 0) is 52.6 Å². The van der Waals surface area contributed by atoms with E-state index < -0.39 is 0 Å². The molecule has 0 aliphatic carbocycles. The van der Waals surface area contributed by atoms with E-state index in [-0.39, 0.29) is 48.3 Å². The Kier molecular flexibility index (Phi) is 13.0. The highest BCUT2D eigenvalue weighted by molar-refractivity contribution is 14.0. The summed E-state index contributed by atoms with van der Waals surface area (Å²) >= 11 is 0. The van der Waals surface area contributed by atoms with E-state index in [9.17, 15) is 9.18 Å². The normalized spacial score (nSPS) is 12.4. The number of rotatable bonds is 9. The maximum Gasteiger partial charge on any atom is 0.242 e. The zero-order chi connectivity index (χ0) is 20.4. The van der Waals surface area contributed by atoms with Crippen LogP contribution in [0, 0.1) is 5.82 Å². The summed E-state index contributed by atoms with van der Waals surface area (Å²) in [5.74, 6) is 0.487. The Morgan fingerprint density at radius 3 is 2.32 bits per heavy atom. The van der Waals surface area contributed by atoms with Gasteiger partial charge in [0.2, 0.25) is 5.91 Å². The number of nitrogens with one attached hydrogen (secondary N) is 1. The van der Waals surface area contributed by atoms with Crippen molar-refractivity contribution in [3.8, 4) is 0 Å². The number of hydrogen-bond donors (Lipinski definition) is 1. The third-order valence-electron chi connectivity index (χ3n) is 4.46. The summed E-state index contributed by atoms with van der Waals surface area (Å²) in [6.45, 7) is 8.75. The number of guanidine groups is 1. The molecule has 0 saturated heterocycles. The molecule has 1 aromatic carbocycles. The Bertz CT molecular complexity index is 622. The van der Waals surface area contributed by atoms with Gasteiger partial charge in [-0.1, -0.05) is 12.1 Å². The Balaban J connectivity index is 0.00000729. The summed E-state index contributed by atoms with van der Waals surface area (Å²) in [4.78, 5) is 22.7. The minimum Gasteiger partial charge on any atom is -0.357 e. The molecule has 0 aromatic heterocycles. The molecule has 6 nitrogen and oxygen atoms in total. The van der Waals surface area contributed by atoms with Crippen molar-refractivity contribution in [3.63, 3.8) is 0 Å². The minimum absolute atomic E-state index is 0. The second-order valence-corrected chi connectivity index (χ2v) is 6.65. The van der Waals surface area contributed by atoms with Crippen LogP contribution in [0.3, 0.4) is 0 Å². The van der Waals surface area contributed by atoms with Crippen LogP contribution in [0.25, 0.3) is 0 Å². The Labute approximate surface area is 186 Å². The van der Waals surface area contributed by atoms with Crippen molar-refractivity contribution in [3.05, 3.63) is 35.6 Å². The van der Waals surface area contributed by atoms with Crippen molar-refractivity contribution < 1.29 is 9.18 Å². The topological polar surface area (TPSA) is 51.2 Å². The van der Waals surface area contributed by atoms with Crippen molar-refractivity contribution >= 4 is 35.8 Å². The molecule has 0 spiro atoms. The van der Waals surface area contributed by atoms with E-state index in [1.807, 2.05) is 57.8 Å². The summed E-state index contributed by atoms with van der Waals surface area (Å²) in [5.41, 5.74) is 0.876. The van der Waals surface area contributed by atoms with Crippen molar-refractivity contribution in [2.24, 2.45) is 4.99 Å². The molecule has 8 heteroatoms. The summed E-state index contributed by atoms with van der Waals surface area (Å²) in [5, 5.41) is 3.23. The average Bonchev–Trinajstić information content (AvgIpc) is 2.61. The van der Waals surface area contributed by atoms with E-state index in [0.29, 0.717) is 32.1 Å². The largest absolute Gasteiger partial charge is 0.357 e. The van der Waals surface area contributed by atoms with Gasteiger partial charge in [0, 0.05) is 26.7 Å².